The van der Waals surface area contributed by atoms with Crippen LogP contribution < -0.4 is 14.8 Å². The van der Waals surface area contributed by atoms with E-state index in [2.05, 4.69) is 5.32 Å². The van der Waals surface area contributed by atoms with Crippen molar-refractivity contribution in [2.45, 2.75) is 0 Å². The molecule has 0 saturated carbocycles. The largest absolute Gasteiger partial charge is 0.454 e. The predicted octanol–water partition coefficient (Wildman–Crippen LogP) is 4.02. The Hall–Kier alpha value is -2.53. The molecule has 1 aliphatic heterocycles. The minimum atomic E-state index is -0.493. The maximum absolute atomic E-state index is 13.0. The first-order valence-corrected chi connectivity index (χ1v) is 6.83. The third kappa shape index (κ3) is 3.04. The molecule has 0 aliphatic carbocycles. The van der Waals surface area contributed by atoms with Crippen LogP contribution in [0.3, 0.4) is 0 Å². The minimum absolute atomic E-state index is 0.0143. The van der Waals surface area contributed by atoms with Crippen LogP contribution >= 0.6 is 11.6 Å². The van der Waals surface area contributed by atoms with Crippen LogP contribution in [0.4, 0.5) is 10.1 Å². The van der Waals surface area contributed by atoms with Gasteiger partial charge in [-0.05, 0) is 36.4 Å². The Balaban J connectivity index is 1.67. The van der Waals surface area contributed by atoms with Gasteiger partial charge in [0.05, 0.1) is 5.02 Å². The van der Waals surface area contributed by atoms with Crippen LogP contribution in [0, 0.1) is 5.82 Å². The molecule has 1 aliphatic rings. The van der Waals surface area contributed by atoms with Crippen molar-refractivity contribution >= 4 is 23.1 Å². The van der Waals surface area contributed by atoms with Crippen LogP contribution in [0.5, 0.6) is 11.5 Å². The summed E-state index contributed by atoms with van der Waals surface area (Å²) in [6.45, 7) is 0.162. The van der Waals surface area contributed by atoms with Gasteiger partial charge in [-0.15, -0.1) is 0 Å². The molecule has 0 bridgehead atoms. The van der Waals surface area contributed by atoms with Gasteiger partial charge in [-0.1, -0.05) is 11.6 Å². The topological polar surface area (TPSA) is 47.6 Å². The third-order valence-electron chi connectivity index (χ3n) is 3.06. The van der Waals surface area contributed by atoms with E-state index < -0.39 is 5.82 Å². The zero-order valence-electron chi connectivity index (χ0n) is 11.3. The van der Waals surface area contributed by atoms with Crippen LogP contribution in [-0.2, 0) is 0 Å². The van der Waals surface area contributed by atoms with Gasteiger partial charge in [-0.3, -0.25) is 4.79 Å². The summed E-state index contributed by atoms with van der Waals surface area (Å²) in [4.78, 5) is 12.0. The first-order chi connectivity index (χ1) is 10.6. The van der Waals surface area contributed by atoms with Crippen molar-refractivity contribution < 1.29 is 18.7 Å². The monoisotopic (exact) mass is 319 g/mol. The summed E-state index contributed by atoms with van der Waals surface area (Å²) in [5.74, 6) is 0.490. The van der Waals surface area contributed by atoms with Crippen molar-refractivity contribution in [3.05, 3.63) is 65.1 Å². The fraction of sp³-hybridized carbons (Fsp3) is 0.0625. The number of benzene rings is 2. The maximum Gasteiger partial charge on any atom is 0.231 e. The number of allylic oxidation sites excluding steroid dienone is 1. The molecule has 0 atom stereocenters. The van der Waals surface area contributed by atoms with Crippen LogP contribution in [0.25, 0.3) is 0 Å². The van der Waals surface area contributed by atoms with Crippen molar-refractivity contribution in [2.24, 2.45) is 0 Å². The highest BCUT2D eigenvalue weighted by Crippen LogP contribution is 2.32. The quantitative estimate of drug-likeness (QED) is 0.683. The number of carbonyl (C=O) groups excluding carboxylic acids is 1. The second-order valence-electron chi connectivity index (χ2n) is 4.54. The fourth-order valence-corrected chi connectivity index (χ4v) is 2.13. The minimum Gasteiger partial charge on any atom is -0.454 e. The van der Waals surface area contributed by atoms with Crippen molar-refractivity contribution in [2.75, 3.05) is 12.1 Å². The number of rotatable bonds is 4. The Kier molecular flexibility index (Phi) is 3.98. The van der Waals surface area contributed by atoms with Crippen LogP contribution in [0.1, 0.15) is 10.4 Å². The zero-order chi connectivity index (χ0) is 15.5. The van der Waals surface area contributed by atoms with Crippen molar-refractivity contribution in [3.63, 3.8) is 0 Å². The molecule has 6 heteroatoms. The highest BCUT2D eigenvalue weighted by Gasteiger charge is 2.14. The smallest absolute Gasteiger partial charge is 0.231 e. The van der Waals surface area contributed by atoms with Crippen molar-refractivity contribution in [1.29, 1.82) is 0 Å². The average Bonchev–Trinajstić information content (AvgIpc) is 2.98. The average molecular weight is 320 g/mol. The van der Waals surface area contributed by atoms with Gasteiger partial charge in [0.15, 0.2) is 17.3 Å². The van der Waals surface area contributed by atoms with Crippen molar-refractivity contribution in [1.82, 2.24) is 0 Å². The molecule has 22 heavy (non-hydrogen) atoms. The summed E-state index contributed by atoms with van der Waals surface area (Å²) >= 11 is 5.67. The van der Waals surface area contributed by atoms with Gasteiger partial charge in [0.25, 0.3) is 0 Å². The molecule has 3 rings (SSSR count). The van der Waals surface area contributed by atoms with Gasteiger partial charge in [0.1, 0.15) is 5.82 Å². The van der Waals surface area contributed by atoms with E-state index >= 15 is 0 Å². The summed E-state index contributed by atoms with van der Waals surface area (Å²) in [6, 6.07) is 9.19. The molecular weight excluding hydrogens is 309 g/mol. The Morgan fingerprint density at radius 1 is 1.18 bits per heavy atom. The number of ketones is 1. The van der Waals surface area contributed by atoms with E-state index in [4.69, 9.17) is 21.1 Å². The molecule has 1 N–H and O–H groups in total. The van der Waals surface area contributed by atoms with Gasteiger partial charge in [-0.2, -0.15) is 0 Å². The highest BCUT2D eigenvalue weighted by molar-refractivity contribution is 6.31. The number of nitrogens with one attached hydrogen (secondary N) is 1. The molecule has 0 fully saturated rings. The molecule has 4 nitrogen and oxygen atoms in total. The molecular formula is C16H11ClFNO3. The van der Waals surface area contributed by atoms with Crippen molar-refractivity contribution in [3.8, 4) is 11.5 Å². The fourth-order valence-electron chi connectivity index (χ4n) is 1.95. The summed E-state index contributed by atoms with van der Waals surface area (Å²) in [7, 11) is 0. The summed E-state index contributed by atoms with van der Waals surface area (Å²) in [5, 5.41) is 2.87. The van der Waals surface area contributed by atoms with Gasteiger partial charge < -0.3 is 14.8 Å². The summed E-state index contributed by atoms with van der Waals surface area (Å²) in [6.07, 6.45) is 2.84. The van der Waals surface area contributed by atoms with Crippen LogP contribution in [0.2, 0.25) is 5.02 Å². The molecule has 2 aromatic carbocycles. The standard InChI is InChI=1S/C16H11ClFNO3/c17-12-8-11(2-3-13(12)18)19-6-5-14(20)10-1-4-15-16(7-10)22-9-21-15/h1-8,19H,9H2/b6-5+. The molecule has 0 amide bonds. The number of anilines is 1. The first-order valence-electron chi connectivity index (χ1n) is 6.45. The Labute approximate surface area is 131 Å². The molecule has 1 heterocycles. The van der Waals surface area contributed by atoms with Crippen LogP contribution in [-0.4, -0.2) is 12.6 Å². The van der Waals surface area contributed by atoms with E-state index in [1.54, 1.807) is 18.2 Å². The van der Waals surface area contributed by atoms with E-state index in [1.165, 1.54) is 30.5 Å². The van der Waals surface area contributed by atoms with Gasteiger partial charge in [0.2, 0.25) is 6.79 Å². The molecule has 112 valence electrons. The first kappa shape index (κ1) is 14.4. The van der Waals surface area contributed by atoms with Crippen LogP contribution in [0.15, 0.2) is 48.7 Å². The Morgan fingerprint density at radius 3 is 2.82 bits per heavy atom. The molecule has 0 aromatic heterocycles. The number of hydrogen-bond acceptors (Lipinski definition) is 4. The SMILES string of the molecule is O=C(/C=C/Nc1ccc(F)c(Cl)c1)c1ccc2c(c1)OCO2. The number of carbonyl (C=O) groups is 1. The zero-order valence-corrected chi connectivity index (χ0v) is 12.1. The van der Waals surface area contributed by atoms with E-state index in [1.807, 2.05) is 0 Å². The lowest BCUT2D eigenvalue weighted by Gasteiger charge is -2.02. The normalized spacial score (nSPS) is 12.6. The molecule has 0 radical (unpaired) electrons. The number of ether oxygens (including phenoxy) is 2. The number of fused-ring (bicyclic) bond motifs is 1. The molecule has 0 saturated heterocycles. The van der Waals surface area contributed by atoms with E-state index in [0.717, 1.165) is 0 Å². The third-order valence-corrected chi connectivity index (χ3v) is 3.35. The summed E-state index contributed by atoms with van der Waals surface area (Å²) in [5.41, 5.74) is 1.07. The molecule has 0 unspecified atom stereocenters. The summed E-state index contributed by atoms with van der Waals surface area (Å²) < 4.78 is 23.4. The molecule has 2 aromatic rings. The predicted molar refractivity (Wildman–Crippen MR) is 81.1 cm³/mol. The lowest BCUT2D eigenvalue weighted by atomic mass is 10.1. The maximum atomic E-state index is 13.0. The lowest BCUT2D eigenvalue weighted by molar-refractivity contribution is 0.104. The van der Waals surface area contributed by atoms with Gasteiger partial charge in [-0.25, -0.2) is 4.39 Å². The van der Waals surface area contributed by atoms with Gasteiger partial charge in [0, 0.05) is 23.5 Å². The number of halogens is 2. The highest BCUT2D eigenvalue weighted by atomic mass is 35.5. The number of hydrogen-bond donors (Lipinski definition) is 1. The van der Waals surface area contributed by atoms with E-state index in [0.29, 0.717) is 22.7 Å². The lowest BCUT2D eigenvalue weighted by Crippen LogP contribution is -1.96. The van der Waals surface area contributed by atoms with E-state index in [-0.39, 0.29) is 17.6 Å². The van der Waals surface area contributed by atoms with E-state index in [9.17, 15) is 9.18 Å². The Bertz CT molecular complexity index is 761. The second kappa shape index (κ2) is 6.07. The Morgan fingerprint density at radius 2 is 2.00 bits per heavy atom. The molecule has 0 spiro atoms. The van der Waals surface area contributed by atoms with Gasteiger partial charge >= 0.3 is 0 Å². The second-order valence-corrected chi connectivity index (χ2v) is 4.95.